The maximum Gasteiger partial charge on any atom is 0.0835 e. The molecule has 0 aliphatic heterocycles. The predicted octanol–water partition coefficient (Wildman–Crippen LogP) is 1.89. The topological polar surface area (TPSA) is 46.2 Å². The van der Waals surface area contributed by atoms with Gasteiger partial charge >= 0.3 is 0 Å². The molecule has 2 unspecified atom stereocenters. The van der Waals surface area contributed by atoms with E-state index < -0.39 is 0 Å². The van der Waals surface area contributed by atoms with E-state index in [2.05, 4.69) is 0 Å². The summed E-state index contributed by atoms with van der Waals surface area (Å²) in [7, 11) is 3.37. The molecule has 0 fully saturated rings. The first kappa shape index (κ1) is 18.8. The summed E-state index contributed by atoms with van der Waals surface area (Å²) in [6.07, 6.45) is 1.74. The van der Waals surface area contributed by atoms with Gasteiger partial charge in [-0.3, -0.25) is 0 Å². The summed E-state index contributed by atoms with van der Waals surface area (Å²) in [4.78, 5) is 0. The van der Waals surface area contributed by atoms with Crippen molar-refractivity contribution in [3.05, 3.63) is 0 Å². The van der Waals surface area contributed by atoms with Crippen molar-refractivity contribution < 1.29 is 23.7 Å². The average molecular weight is 278 g/mol. The molecule has 0 amide bonds. The number of ether oxygens (including phenoxy) is 5. The lowest BCUT2D eigenvalue weighted by molar-refractivity contribution is -0.0913. The molecule has 5 heteroatoms. The van der Waals surface area contributed by atoms with Gasteiger partial charge in [-0.15, -0.1) is 0 Å². The molecule has 0 aromatic heterocycles. The lowest BCUT2D eigenvalue weighted by atomic mass is 10.2. The Morgan fingerprint density at radius 3 is 1.47 bits per heavy atom. The Bertz CT molecular complexity index is 159. The van der Waals surface area contributed by atoms with E-state index in [-0.39, 0.29) is 12.2 Å². The second kappa shape index (κ2) is 14.2. The van der Waals surface area contributed by atoms with Gasteiger partial charge in [0.15, 0.2) is 0 Å². The largest absolute Gasteiger partial charge is 0.382 e. The molecular weight excluding hydrogens is 248 g/mol. The molecule has 116 valence electrons. The van der Waals surface area contributed by atoms with Gasteiger partial charge in [-0.2, -0.15) is 0 Å². The fourth-order valence-corrected chi connectivity index (χ4v) is 1.74. The Balaban J connectivity index is 4.05. The zero-order valence-electron chi connectivity index (χ0n) is 12.9. The van der Waals surface area contributed by atoms with Gasteiger partial charge in [0.05, 0.1) is 25.4 Å². The van der Waals surface area contributed by atoms with Crippen molar-refractivity contribution in [3.63, 3.8) is 0 Å². The minimum atomic E-state index is 0.0401. The van der Waals surface area contributed by atoms with Crippen LogP contribution in [0, 0.1) is 0 Å². The molecule has 0 spiro atoms. The molecule has 0 aliphatic carbocycles. The average Bonchev–Trinajstić information content (AvgIpc) is 2.39. The van der Waals surface area contributed by atoms with E-state index in [1.807, 2.05) is 13.8 Å². The van der Waals surface area contributed by atoms with Crippen LogP contribution in [-0.2, 0) is 23.7 Å². The zero-order chi connectivity index (χ0) is 14.3. The Morgan fingerprint density at radius 1 is 0.737 bits per heavy atom. The molecule has 0 aromatic rings. The van der Waals surface area contributed by atoms with E-state index >= 15 is 0 Å². The normalized spacial score (nSPS) is 14.5. The van der Waals surface area contributed by atoms with E-state index in [1.165, 1.54) is 0 Å². The van der Waals surface area contributed by atoms with Crippen molar-refractivity contribution in [1.29, 1.82) is 0 Å². The Morgan fingerprint density at radius 2 is 1.16 bits per heavy atom. The van der Waals surface area contributed by atoms with Crippen LogP contribution in [0.2, 0.25) is 0 Å². The third-order valence-electron chi connectivity index (χ3n) is 2.67. The van der Waals surface area contributed by atoms with Crippen LogP contribution in [0.3, 0.4) is 0 Å². The van der Waals surface area contributed by atoms with Gasteiger partial charge in [0.25, 0.3) is 0 Å². The third-order valence-corrected chi connectivity index (χ3v) is 2.67. The monoisotopic (exact) mass is 278 g/mol. The lowest BCUT2D eigenvalue weighted by Crippen LogP contribution is -2.31. The highest BCUT2D eigenvalue weighted by molar-refractivity contribution is 4.64. The molecule has 2 atom stereocenters. The van der Waals surface area contributed by atoms with Gasteiger partial charge < -0.3 is 23.7 Å². The summed E-state index contributed by atoms with van der Waals surface area (Å²) < 4.78 is 27.1. The molecule has 0 radical (unpaired) electrons. The molecule has 0 bridgehead atoms. The summed E-state index contributed by atoms with van der Waals surface area (Å²) >= 11 is 0. The molecule has 19 heavy (non-hydrogen) atoms. The van der Waals surface area contributed by atoms with Gasteiger partial charge in [-0.05, 0) is 26.7 Å². The third kappa shape index (κ3) is 11.3. The van der Waals surface area contributed by atoms with Crippen molar-refractivity contribution >= 4 is 0 Å². The van der Waals surface area contributed by atoms with Gasteiger partial charge in [0, 0.05) is 40.6 Å². The quantitative estimate of drug-likeness (QED) is 0.454. The predicted molar refractivity (Wildman–Crippen MR) is 74.6 cm³/mol. The van der Waals surface area contributed by atoms with Gasteiger partial charge in [-0.1, -0.05) is 0 Å². The smallest absolute Gasteiger partial charge is 0.0835 e. The highest BCUT2D eigenvalue weighted by Crippen LogP contribution is 2.09. The Kier molecular flexibility index (Phi) is 14.1. The van der Waals surface area contributed by atoms with Crippen LogP contribution in [0.1, 0.15) is 26.7 Å². The van der Waals surface area contributed by atoms with E-state index in [4.69, 9.17) is 23.7 Å². The van der Waals surface area contributed by atoms with Crippen molar-refractivity contribution in [2.24, 2.45) is 0 Å². The number of rotatable bonds is 14. The fourth-order valence-electron chi connectivity index (χ4n) is 1.74. The van der Waals surface area contributed by atoms with Crippen molar-refractivity contribution in [3.8, 4) is 0 Å². The van der Waals surface area contributed by atoms with Crippen molar-refractivity contribution in [2.75, 3.05) is 53.9 Å². The van der Waals surface area contributed by atoms with Crippen LogP contribution in [0.4, 0.5) is 0 Å². The summed E-state index contributed by atoms with van der Waals surface area (Å²) in [5.74, 6) is 0. The highest BCUT2D eigenvalue weighted by atomic mass is 16.6. The van der Waals surface area contributed by atoms with E-state index in [1.54, 1.807) is 14.2 Å². The molecule has 0 aromatic carbocycles. The fraction of sp³-hybridized carbons (Fsp3) is 1.00. The van der Waals surface area contributed by atoms with E-state index in [0.29, 0.717) is 26.4 Å². The molecule has 0 rings (SSSR count). The summed E-state index contributed by atoms with van der Waals surface area (Å²) in [5.41, 5.74) is 0. The number of hydrogen-bond acceptors (Lipinski definition) is 5. The second-order valence-electron chi connectivity index (χ2n) is 4.26. The molecule has 0 saturated carbocycles. The van der Waals surface area contributed by atoms with Crippen LogP contribution in [0.15, 0.2) is 0 Å². The number of hydrogen-bond donors (Lipinski definition) is 0. The molecule has 0 N–H and O–H groups in total. The summed E-state index contributed by atoms with van der Waals surface area (Å²) in [6, 6.07) is 0. The van der Waals surface area contributed by atoms with Crippen LogP contribution in [0.25, 0.3) is 0 Å². The first-order chi connectivity index (χ1) is 9.28. The summed E-state index contributed by atoms with van der Waals surface area (Å²) in [5, 5.41) is 0. The van der Waals surface area contributed by atoms with Gasteiger partial charge in [0.2, 0.25) is 0 Å². The summed E-state index contributed by atoms with van der Waals surface area (Å²) in [6.45, 7) is 7.95. The lowest BCUT2D eigenvalue weighted by Gasteiger charge is -2.24. The van der Waals surface area contributed by atoms with Gasteiger partial charge in [0.1, 0.15) is 0 Å². The first-order valence-electron chi connectivity index (χ1n) is 7.07. The minimum absolute atomic E-state index is 0.0401. The molecule has 0 saturated heterocycles. The minimum Gasteiger partial charge on any atom is -0.382 e. The molecule has 0 heterocycles. The Hall–Kier alpha value is -0.200. The van der Waals surface area contributed by atoms with Gasteiger partial charge in [-0.25, -0.2) is 0 Å². The van der Waals surface area contributed by atoms with Crippen LogP contribution in [-0.4, -0.2) is 66.1 Å². The first-order valence-corrected chi connectivity index (χ1v) is 7.07. The second-order valence-corrected chi connectivity index (χ2v) is 4.26. The van der Waals surface area contributed by atoms with Crippen molar-refractivity contribution in [2.45, 2.75) is 38.9 Å². The maximum atomic E-state index is 6.01. The molecule has 5 nitrogen and oxygen atoms in total. The van der Waals surface area contributed by atoms with Crippen LogP contribution in [0.5, 0.6) is 0 Å². The van der Waals surface area contributed by atoms with Crippen LogP contribution < -0.4 is 0 Å². The van der Waals surface area contributed by atoms with Crippen molar-refractivity contribution in [1.82, 2.24) is 0 Å². The maximum absolute atomic E-state index is 6.01. The Labute approximate surface area is 117 Å². The number of methoxy groups -OCH3 is 2. The SMILES string of the molecule is CCOCCC(COC)OC(CCOCC)COC. The van der Waals surface area contributed by atoms with Crippen LogP contribution >= 0.6 is 0 Å². The van der Waals surface area contributed by atoms with E-state index in [0.717, 1.165) is 26.1 Å². The highest BCUT2D eigenvalue weighted by Gasteiger charge is 2.16. The molecular formula is C14H30O5. The standard InChI is InChI=1S/C14H30O5/c1-5-17-9-7-13(11-15-3)19-14(12-16-4)8-10-18-6-2/h13-14H,5-12H2,1-4H3. The van der Waals surface area contributed by atoms with E-state index in [9.17, 15) is 0 Å². The molecule has 0 aliphatic rings. The zero-order valence-corrected chi connectivity index (χ0v) is 12.9.